The molecule has 5 nitrogen and oxygen atoms in total. The molecule has 1 aliphatic heterocycles. The van der Waals surface area contributed by atoms with Crippen LogP contribution in [0.1, 0.15) is 38.7 Å². The molecule has 2 heterocycles. The van der Waals surface area contributed by atoms with Crippen LogP contribution in [0.2, 0.25) is 0 Å². The number of hydrogen-bond donors (Lipinski definition) is 0. The number of piperidine rings is 1. The third kappa shape index (κ3) is 4.40. The molecule has 1 atom stereocenters. The summed E-state index contributed by atoms with van der Waals surface area (Å²) < 4.78 is 0. The lowest BCUT2D eigenvalue weighted by Crippen LogP contribution is -2.45. The summed E-state index contributed by atoms with van der Waals surface area (Å²) in [5, 5.41) is 0. The summed E-state index contributed by atoms with van der Waals surface area (Å²) in [4.78, 5) is 26.1. The second-order valence-corrected chi connectivity index (χ2v) is 7.02. The van der Waals surface area contributed by atoms with Gasteiger partial charge in [0.1, 0.15) is 0 Å². The molecule has 1 aromatic heterocycles. The zero-order valence-corrected chi connectivity index (χ0v) is 15.7. The molecule has 0 bridgehead atoms. The first-order valence-electron chi connectivity index (χ1n) is 9.55. The second kappa shape index (κ2) is 8.79. The van der Waals surface area contributed by atoms with Gasteiger partial charge in [-0.3, -0.25) is 4.79 Å². The van der Waals surface area contributed by atoms with Gasteiger partial charge in [-0.1, -0.05) is 37.3 Å². The van der Waals surface area contributed by atoms with Crippen molar-refractivity contribution in [3.63, 3.8) is 0 Å². The molecule has 0 aliphatic carbocycles. The third-order valence-electron chi connectivity index (χ3n) is 5.28. The predicted octanol–water partition coefficient (Wildman–Crippen LogP) is 3.52. The van der Waals surface area contributed by atoms with Gasteiger partial charge in [-0.2, -0.15) is 0 Å². The molecule has 0 saturated carbocycles. The molecule has 3 rings (SSSR count). The predicted molar refractivity (Wildman–Crippen MR) is 104 cm³/mol. The monoisotopic (exact) mass is 352 g/mol. The van der Waals surface area contributed by atoms with Crippen LogP contribution in [0.5, 0.6) is 0 Å². The summed E-state index contributed by atoms with van der Waals surface area (Å²) in [7, 11) is 0. The van der Waals surface area contributed by atoms with Gasteiger partial charge in [0.25, 0.3) is 0 Å². The second-order valence-electron chi connectivity index (χ2n) is 7.02. The first kappa shape index (κ1) is 18.4. The molecular formula is C21H28N4O. The summed E-state index contributed by atoms with van der Waals surface area (Å²) in [6, 6.07) is 12.3. The Hall–Kier alpha value is -2.43. The SMILES string of the molecule is CC[C@H](C)N(Cc1ccccc1)C(=O)C1CCN(c2ncccn2)CC1. The molecule has 1 amide bonds. The number of carbonyl (C=O) groups excluding carboxylic acids is 1. The van der Waals surface area contributed by atoms with Gasteiger partial charge in [0.15, 0.2) is 0 Å². The van der Waals surface area contributed by atoms with Gasteiger partial charge in [-0.05, 0) is 37.8 Å². The van der Waals surface area contributed by atoms with Crippen LogP contribution in [0, 0.1) is 5.92 Å². The van der Waals surface area contributed by atoms with Gasteiger partial charge in [0, 0.05) is 44.0 Å². The van der Waals surface area contributed by atoms with Crippen molar-refractivity contribution >= 4 is 11.9 Å². The smallest absolute Gasteiger partial charge is 0.226 e. The Balaban J connectivity index is 1.64. The Morgan fingerprint density at radius 3 is 2.42 bits per heavy atom. The summed E-state index contributed by atoms with van der Waals surface area (Å²) in [6.45, 7) is 6.65. The number of amides is 1. The lowest BCUT2D eigenvalue weighted by molar-refractivity contribution is -0.139. The van der Waals surface area contributed by atoms with Crippen molar-refractivity contribution in [2.24, 2.45) is 5.92 Å². The average molecular weight is 352 g/mol. The molecular weight excluding hydrogens is 324 g/mol. The summed E-state index contributed by atoms with van der Waals surface area (Å²) in [5.41, 5.74) is 1.19. The number of nitrogens with zero attached hydrogens (tertiary/aromatic N) is 4. The van der Waals surface area contributed by atoms with Crippen molar-refractivity contribution in [1.82, 2.24) is 14.9 Å². The van der Waals surface area contributed by atoms with Crippen LogP contribution in [-0.4, -0.2) is 39.9 Å². The van der Waals surface area contributed by atoms with Gasteiger partial charge in [-0.25, -0.2) is 9.97 Å². The van der Waals surface area contributed by atoms with Crippen molar-refractivity contribution < 1.29 is 4.79 Å². The summed E-state index contributed by atoms with van der Waals surface area (Å²) in [6.07, 6.45) is 6.22. The fourth-order valence-electron chi connectivity index (χ4n) is 3.47. The fourth-order valence-corrected chi connectivity index (χ4v) is 3.47. The molecule has 0 N–H and O–H groups in total. The van der Waals surface area contributed by atoms with E-state index in [2.05, 4.69) is 45.7 Å². The zero-order chi connectivity index (χ0) is 18.4. The summed E-state index contributed by atoms with van der Waals surface area (Å²) >= 11 is 0. The number of rotatable bonds is 6. The maximum Gasteiger partial charge on any atom is 0.226 e. The van der Waals surface area contributed by atoms with Crippen LogP contribution in [-0.2, 0) is 11.3 Å². The molecule has 0 radical (unpaired) electrons. The van der Waals surface area contributed by atoms with Crippen molar-refractivity contribution in [3.8, 4) is 0 Å². The van der Waals surface area contributed by atoms with Gasteiger partial charge in [0.05, 0.1) is 0 Å². The van der Waals surface area contributed by atoms with Gasteiger partial charge in [-0.15, -0.1) is 0 Å². The molecule has 26 heavy (non-hydrogen) atoms. The van der Waals surface area contributed by atoms with E-state index in [0.717, 1.165) is 38.3 Å². The third-order valence-corrected chi connectivity index (χ3v) is 5.28. The standard InChI is InChI=1S/C21H28N4O/c1-3-17(2)25(16-18-8-5-4-6-9-18)20(26)19-10-14-24(15-11-19)21-22-12-7-13-23-21/h4-9,12-13,17,19H,3,10-11,14-16H2,1-2H3/t17-/m0/s1. The molecule has 1 fully saturated rings. The van der Waals surface area contributed by atoms with Crippen LogP contribution in [0.15, 0.2) is 48.8 Å². The topological polar surface area (TPSA) is 49.3 Å². The van der Waals surface area contributed by atoms with E-state index >= 15 is 0 Å². The van der Waals surface area contributed by atoms with E-state index in [9.17, 15) is 4.79 Å². The maximum atomic E-state index is 13.2. The highest BCUT2D eigenvalue weighted by atomic mass is 16.2. The van der Waals surface area contributed by atoms with Crippen LogP contribution in [0.4, 0.5) is 5.95 Å². The summed E-state index contributed by atoms with van der Waals surface area (Å²) in [5.74, 6) is 1.14. The zero-order valence-electron chi connectivity index (χ0n) is 15.7. The highest BCUT2D eigenvalue weighted by molar-refractivity contribution is 5.79. The molecule has 2 aromatic rings. The lowest BCUT2D eigenvalue weighted by atomic mass is 9.94. The highest BCUT2D eigenvalue weighted by Crippen LogP contribution is 2.24. The van der Waals surface area contributed by atoms with Crippen molar-refractivity contribution in [1.29, 1.82) is 0 Å². The normalized spacial score (nSPS) is 16.3. The number of hydrogen-bond acceptors (Lipinski definition) is 4. The number of anilines is 1. The molecule has 138 valence electrons. The minimum absolute atomic E-state index is 0.0904. The maximum absolute atomic E-state index is 13.2. The number of aromatic nitrogens is 2. The highest BCUT2D eigenvalue weighted by Gasteiger charge is 2.31. The van der Waals surface area contributed by atoms with E-state index in [4.69, 9.17) is 0 Å². The Labute approximate surface area is 156 Å². The number of carbonyl (C=O) groups is 1. The molecule has 0 unspecified atom stereocenters. The van der Waals surface area contributed by atoms with Gasteiger partial charge < -0.3 is 9.80 Å². The van der Waals surface area contributed by atoms with E-state index in [1.165, 1.54) is 5.56 Å². The van der Waals surface area contributed by atoms with Crippen molar-refractivity contribution in [2.45, 2.75) is 45.7 Å². The Kier molecular flexibility index (Phi) is 6.21. The fraction of sp³-hybridized carbons (Fsp3) is 0.476. The van der Waals surface area contributed by atoms with Crippen LogP contribution >= 0.6 is 0 Å². The van der Waals surface area contributed by atoms with Gasteiger partial charge in [0.2, 0.25) is 11.9 Å². The Morgan fingerprint density at radius 2 is 1.81 bits per heavy atom. The Bertz CT molecular complexity index is 684. The first-order chi connectivity index (χ1) is 12.7. The molecule has 5 heteroatoms. The molecule has 1 saturated heterocycles. The average Bonchev–Trinajstić information content (AvgIpc) is 2.72. The largest absolute Gasteiger partial charge is 0.341 e. The lowest BCUT2D eigenvalue weighted by Gasteiger charge is -2.36. The van der Waals surface area contributed by atoms with Crippen LogP contribution < -0.4 is 4.90 Å². The van der Waals surface area contributed by atoms with Gasteiger partial charge >= 0.3 is 0 Å². The Morgan fingerprint density at radius 1 is 1.15 bits per heavy atom. The van der Waals surface area contributed by atoms with E-state index in [1.54, 1.807) is 12.4 Å². The van der Waals surface area contributed by atoms with E-state index in [-0.39, 0.29) is 17.9 Å². The minimum atomic E-state index is 0.0904. The molecule has 1 aliphatic rings. The van der Waals surface area contributed by atoms with Crippen LogP contribution in [0.25, 0.3) is 0 Å². The molecule has 0 spiro atoms. The minimum Gasteiger partial charge on any atom is -0.341 e. The van der Waals surface area contributed by atoms with E-state index in [0.29, 0.717) is 6.54 Å². The first-order valence-corrected chi connectivity index (χ1v) is 9.55. The van der Waals surface area contributed by atoms with E-state index < -0.39 is 0 Å². The van der Waals surface area contributed by atoms with Crippen LogP contribution in [0.3, 0.4) is 0 Å². The number of benzene rings is 1. The quantitative estimate of drug-likeness (QED) is 0.798. The van der Waals surface area contributed by atoms with Crippen molar-refractivity contribution in [3.05, 3.63) is 54.4 Å². The van der Waals surface area contributed by atoms with Crippen molar-refractivity contribution in [2.75, 3.05) is 18.0 Å². The van der Waals surface area contributed by atoms with E-state index in [1.807, 2.05) is 24.3 Å². The molecule has 1 aromatic carbocycles.